The largest absolute Gasteiger partial charge is 0.347 e. The quantitative estimate of drug-likeness (QED) is 0.801. The van der Waals surface area contributed by atoms with Crippen molar-refractivity contribution in [2.24, 2.45) is 11.8 Å². The minimum absolute atomic E-state index is 0.210. The van der Waals surface area contributed by atoms with Gasteiger partial charge >= 0.3 is 0 Å². The van der Waals surface area contributed by atoms with Gasteiger partial charge in [-0.2, -0.15) is 4.31 Å². The number of amides is 1. The van der Waals surface area contributed by atoms with E-state index in [-0.39, 0.29) is 28.2 Å². The van der Waals surface area contributed by atoms with Gasteiger partial charge in [0.1, 0.15) is 0 Å². The Hall–Kier alpha value is -1.40. The van der Waals surface area contributed by atoms with Crippen molar-refractivity contribution in [1.82, 2.24) is 9.62 Å². The number of hydrogen-bond acceptors (Lipinski definition) is 3. The molecule has 0 radical (unpaired) electrons. The van der Waals surface area contributed by atoms with Crippen LogP contribution in [-0.4, -0.2) is 37.3 Å². The molecule has 0 fully saturated rings. The monoisotopic (exact) mass is 368 g/mol. The number of rotatable bonds is 7. The molecular formula is C19H32N2O3S. The molecule has 0 unspecified atom stereocenters. The van der Waals surface area contributed by atoms with Gasteiger partial charge in [0.15, 0.2) is 0 Å². The molecule has 0 aromatic heterocycles. The highest BCUT2D eigenvalue weighted by molar-refractivity contribution is 7.89. The summed E-state index contributed by atoms with van der Waals surface area (Å²) < 4.78 is 27.4. The molecule has 1 aromatic rings. The van der Waals surface area contributed by atoms with Crippen LogP contribution in [0.25, 0.3) is 0 Å². The Morgan fingerprint density at radius 2 is 1.44 bits per heavy atom. The lowest BCUT2D eigenvalue weighted by molar-refractivity contribution is 0.0919. The van der Waals surface area contributed by atoms with Gasteiger partial charge in [0.2, 0.25) is 10.0 Å². The topological polar surface area (TPSA) is 66.5 Å². The van der Waals surface area contributed by atoms with Crippen LogP contribution in [0.1, 0.15) is 58.8 Å². The third kappa shape index (κ3) is 6.78. The highest BCUT2D eigenvalue weighted by atomic mass is 32.2. The normalized spacial score (nSPS) is 12.9. The van der Waals surface area contributed by atoms with Gasteiger partial charge in [-0.05, 0) is 56.9 Å². The molecule has 0 aliphatic carbocycles. The SMILES string of the molecule is CC(C)CN(CC(C)C)S(=O)(=O)c1ccc(C(=O)NC(C)(C)C)cc1. The van der Waals surface area contributed by atoms with Crippen LogP contribution in [0.3, 0.4) is 0 Å². The van der Waals surface area contributed by atoms with Crippen LogP contribution in [0.15, 0.2) is 29.2 Å². The molecule has 0 bridgehead atoms. The van der Waals surface area contributed by atoms with Crippen LogP contribution in [0.2, 0.25) is 0 Å². The summed E-state index contributed by atoms with van der Waals surface area (Å²) in [4.78, 5) is 12.4. The van der Waals surface area contributed by atoms with Gasteiger partial charge in [-0.15, -0.1) is 0 Å². The number of nitrogens with zero attached hydrogens (tertiary/aromatic N) is 1. The molecule has 5 nitrogen and oxygen atoms in total. The predicted molar refractivity (Wildman–Crippen MR) is 102 cm³/mol. The Kier molecular flexibility index (Phi) is 7.20. The molecule has 1 rings (SSSR count). The molecule has 1 amide bonds. The zero-order chi connectivity index (χ0) is 19.4. The van der Waals surface area contributed by atoms with Crippen LogP contribution >= 0.6 is 0 Å². The highest BCUT2D eigenvalue weighted by Crippen LogP contribution is 2.19. The van der Waals surface area contributed by atoms with Crippen molar-refractivity contribution < 1.29 is 13.2 Å². The fourth-order valence-electron chi connectivity index (χ4n) is 2.43. The first-order valence-electron chi connectivity index (χ1n) is 8.75. The lowest BCUT2D eigenvalue weighted by atomic mass is 10.1. The number of benzene rings is 1. The molecule has 0 atom stereocenters. The zero-order valence-corrected chi connectivity index (χ0v) is 17.3. The summed E-state index contributed by atoms with van der Waals surface area (Å²) in [5.74, 6) is 0.272. The van der Waals surface area contributed by atoms with E-state index in [2.05, 4.69) is 5.32 Å². The van der Waals surface area contributed by atoms with E-state index >= 15 is 0 Å². The van der Waals surface area contributed by atoms with Crippen molar-refractivity contribution in [2.45, 2.75) is 58.9 Å². The lowest BCUT2D eigenvalue weighted by Crippen LogP contribution is -2.40. The summed E-state index contributed by atoms with van der Waals surface area (Å²) in [6.45, 7) is 14.7. The summed E-state index contributed by atoms with van der Waals surface area (Å²) in [6, 6.07) is 6.16. The van der Waals surface area contributed by atoms with E-state index < -0.39 is 10.0 Å². The minimum Gasteiger partial charge on any atom is -0.347 e. The number of nitrogens with one attached hydrogen (secondary N) is 1. The third-order valence-electron chi connectivity index (χ3n) is 3.38. The summed E-state index contributed by atoms with van der Waals surface area (Å²) in [6.07, 6.45) is 0. The van der Waals surface area contributed by atoms with E-state index in [1.165, 1.54) is 16.4 Å². The van der Waals surface area contributed by atoms with E-state index in [9.17, 15) is 13.2 Å². The van der Waals surface area contributed by atoms with Crippen LogP contribution < -0.4 is 5.32 Å². The first-order chi connectivity index (χ1) is 11.3. The molecule has 0 aliphatic rings. The molecule has 0 saturated carbocycles. The van der Waals surface area contributed by atoms with Crippen LogP contribution in [-0.2, 0) is 10.0 Å². The van der Waals surface area contributed by atoms with E-state index in [1.54, 1.807) is 12.1 Å². The lowest BCUT2D eigenvalue weighted by Gasteiger charge is -2.25. The Balaban J connectivity index is 3.07. The van der Waals surface area contributed by atoms with Crippen molar-refractivity contribution in [1.29, 1.82) is 0 Å². The predicted octanol–water partition coefficient (Wildman–Crippen LogP) is 3.52. The van der Waals surface area contributed by atoms with Gasteiger partial charge in [-0.1, -0.05) is 27.7 Å². The van der Waals surface area contributed by atoms with Gasteiger partial charge in [-0.25, -0.2) is 8.42 Å². The van der Waals surface area contributed by atoms with Gasteiger partial charge in [-0.3, -0.25) is 4.79 Å². The van der Waals surface area contributed by atoms with Crippen molar-refractivity contribution in [3.8, 4) is 0 Å². The highest BCUT2D eigenvalue weighted by Gasteiger charge is 2.26. The fraction of sp³-hybridized carbons (Fsp3) is 0.632. The second-order valence-electron chi connectivity index (χ2n) is 8.34. The summed E-state index contributed by atoms with van der Waals surface area (Å²) >= 11 is 0. The maximum atomic E-state index is 12.9. The second-order valence-corrected chi connectivity index (χ2v) is 10.3. The Bertz CT molecular complexity index is 662. The van der Waals surface area contributed by atoms with E-state index in [4.69, 9.17) is 0 Å². The van der Waals surface area contributed by atoms with E-state index in [0.717, 1.165) is 0 Å². The van der Waals surface area contributed by atoms with Gasteiger partial charge < -0.3 is 5.32 Å². The van der Waals surface area contributed by atoms with Gasteiger partial charge in [0.25, 0.3) is 5.91 Å². The minimum atomic E-state index is -3.57. The number of sulfonamides is 1. The molecule has 142 valence electrons. The molecule has 6 heteroatoms. The second kappa shape index (κ2) is 8.32. The summed E-state index contributed by atoms with van der Waals surface area (Å²) in [5, 5.41) is 2.87. The molecule has 1 aromatic carbocycles. The first kappa shape index (κ1) is 21.6. The maximum Gasteiger partial charge on any atom is 0.251 e. The summed E-state index contributed by atoms with van der Waals surface area (Å²) in [7, 11) is -3.57. The van der Waals surface area contributed by atoms with Crippen molar-refractivity contribution in [2.75, 3.05) is 13.1 Å². The Morgan fingerprint density at radius 3 is 1.80 bits per heavy atom. The van der Waals surface area contributed by atoms with E-state index in [0.29, 0.717) is 18.7 Å². The average Bonchev–Trinajstić information content (AvgIpc) is 2.44. The van der Waals surface area contributed by atoms with E-state index in [1.807, 2.05) is 48.5 Å². The number of carbonyl (C=O) groups excluding carboxylic acids is 1. The van der Waals surface area contributed by atoms with Crippen LogP contribution in [0.4, 0.5) is 0 Å². The van der Waals surface area contributed by atoms with Crippen LogP contribution in [0.5, 0.6) is 0 Å². The molecule has 25 heavy (non-hydrogen) atoms. The van der Waals surface area contributed by atoms with Gasteiger partial charge in [0.05, 0.1) is 4.90 Å². The standard InChI is InChI=1S/C19H32N2O3S/c1-14(2)12-21(13-15(3)4)25(23,24)17-10-8-16(9-11-17)18(22)20-19(5,6)7/h8-11,14-15H,12-13H2,1-7H3,(H,20,22). The molecule has 0 spiro atoms. The Labute approximate surface area is 152 Å². The molecule has 0 heterocycles. The van der Waals surface area contributed by atoms with Gasteiger partial charge in [0, 0.05) is 24.2 Å². The zero-order valence-electron chi connectivity index (χ0n) is 16.5. The number of carbonyl (C=O) groups is 1. The Morgan fingerprint density at radius 1 is 1.00 bits per heavy atom. The summed E-state index contributed by atoms with van der Waals surface area (Å²) in [5.41, 5.74) is 0.112. The first-order valence-corrected chi connectivity index (χ1v) is 10.2. The maximum absolute atomic E-state index is 12.9. The molecule has 0 saturated heterocycles. The smallest absolute Gasteiger partial charge is 0.251 e. The molecular weight excluding hydrogens is 336 g/mol. The average molecular weight is 369 g/mol. The molecule has 0 aliphatic heterocycles. The third-order valence-corrected chi connectivity index (χ3v) is 5.23. The number of hydrogen-bond donors (Lipinski definition) is 1. The van der Waals surface area contributed by atoms with Crippen LogP contribution in [0, 0.1) is 11.8 Å². The fourth-order valence-corrected chi connectivity index (χ4v) is 4.19. The molecule has 1 N–H and O–H groups in total. The van der Waals surface area contributed by atoms with Crippen molar-refractivity contribution in [3.05, 3.63) is 29.8 Å². The van der Waals surface area contributed by atoms with Crippen molar-refractivity contribution in [3.63, 3.8) is 0 Å². The van der Waals surface area contributed by atoms with Crippen molar-refractivity contribution >= 4 is 15.9 Å².